The van der Waals surface area contributed by atoms with Crippen molar-refractivity contribution in [2.45, 2.75) is 165 Å². The normalized spacial score (nSPS) is 23.3. The van der Waals surface area contributed by atoms with Crippen molar-refractivity contribution in [3.63, 3.8) is 0 Å². The highest BCUT2D eigenvalue weighted by Gasteiger charge is 2.65. The van der Waals surface area contributed by atoms with Gasteiger partial charge in [0.05, 0.1) is 35.7 Å². The van der Waals surface area contributed by atoms with E-state index in [4.69, 9.17) is 26.1 Å². The van der Waals surface area contributed by atoms with Crippen LogP contribution >= 0.6 is 11.6 Å². The molecule has 8 fully saturated rings. The van der Waals surface area contributed by atoms with Gasteiger partial charge in [-0.3, -0.25) is 34.0 Å². The Morgan fingerprint density at radius 1 is 0.770 bits per heavy atom. The zero-order valence-corrected chi connectivity index (χ0v) is 51.9. The predicted octanol–water partition coefficient (Wildman–Crippen LogP) is 8.98. The van der Waals surface area contributed by atoms with Gasteiger partial charge in [0.15, 0.2) is 0 Å². The number of rotatable bonds is 16. The number of aliphatic imine (C=N–C) groups is 1. The van der Waals surface area contributed by atoms with Crippen LogP contribution in [0.1, 0.15) is 157 Å². The Labute approximate surface area is 516 Å². The number of benzene rings is 2. The Balaban J connectivity index is 0.594. The average Bonchev–Trinajstić information content (AvgIpc) is 1.86. The number of carbonyl (C=O) groups excluding carboxylic acids is 5. The van der Waals surface area contributed by atoms with Crippen LogP contribution in [0.25, 0.3) is 11.0 Å². The van der Waals surface area contributed by atoms with Crippen LogP contribution in [0.2, 0.25) is 5.02 Å². The molecule has 8 heterocycles. The first-order valence-corrected chi connectivity index (χ1v) is 32.9. The zero-order chi connectivity index (χ0) is 60.4. The van der Waals surface area contributed by atoms with Crippen LogP contribution in [0.3, 0.4) is 0 Å². The number of amides is 5. The van der Waals surface area contributed by atoms with Crippen molar-refractivity contribution in [2.75, 3.05) is 96.5 Å². The zero-order valence-electron chi connectivity index (χ0n) is 51.1. The van der Waals surface area contributed by atoms with Crippen molar-refractivity contribution in [2.24, 2.45) is 16.8 Å². The molecule has 0 bridgehead atoms. The number of halogens is 2. The van der Waals surface area contributed by atoms with E-state index in [-0.39, 0.29) is 65.4 Å². The van der Waals surface area contributed by atoms with Crippen molar-refractivity contribution in [3.8, 4) is 0 Å². The predicted molar refractivity (Wildman–Crippen MR) is 331 cm³/mol. The van der Waals surface area contributed by atoms with Crippen molar-refractivity contribution >= 4 is 64.0 Å². The van der Waals surface area contributed by atoms with Crippen LogP contribution in [0.5, 0.6) is 0 Å². The van der Waals surface area contributed by atoms with E-state index in [0.717, 1.165) is 150 Å². The SMILES string of the molecule is CC(C)(C)OC(=O)N1C(=N[C@@H](CCN2CCN(C(=O)CN3CCC(OC4CCN(C(=O)[C@H](NC(=O)c5cc(C6CCCN(C(=O)C7CC7)C6)ccc5F)C5CCCCC5)CC4)CC3)CC2)c2ccc(Cl)cc2)C12CCN(c1ncnc3[nH]ccc13)CC2. The highest BCUT2D eigenvalue weighted by atomic mass is 35.5. The summed E-state index contributed by atoms with van der Waals surface area (Å²) in [5.74, 6) is 0.901. The highest BCUT2D eigenvalue weighted by molar-refractivity contribution is 6.30. The molecule has 3 atom stereocenters. The number of likely N-dealkylation sites (tertiary alicyclic amines) is 3. The van der Waals surface area contributed by atoms with E-state index in [1.807, 2.05) is 72.0 Å². The largest absolute Gasteiger partial charge is 0.443 e. The van der Waals surface area contributed by atoms with Gasteiger partial charge < -0.3 is 39.4 Å². The number of carbonyl (C=O) groups is 5. The number of fused-ring (bicyclic) bond motifs is 1. The lowest BCUT2D eigenvalue weighted by molar-refractivity contribution is -0.140. The monoisotopic (exact) mass is 1210 g/mol. The fourth-order valence-corrected chi connectivity index (χ4v) is 14.7. The van der Waals surface area contributed by atoms with Gasteiger partial charge in [0.2, 0.25) is 17.7 Å². The van der Waals surface area contributed by atoms with E-state index in [1.165, 1.54) is 6.07 Å². The molecular formula is C66H88ClFN12O7. The molecule has 12 rings (SSSR count). The number of hydrogen-bond acceptors (Lipinski definition) is 13. The van der Waals surface area contributed by atoms with E-state index in [2.05, 4.69) is 35.0 Å². The van der Waals surface area contributed by atoms with Crippen LogP contribution in [0.15, 0.2) is 66.0 Å². The fraction of sp³-hybridized carbons (Fsp3) is 0.636. The lowest BCUT2D eigenvalue weighted by Crippen LogP contribution is -2.55. The number of piperidine rings is 4. The van der Waals surface area contributed by atoms with E-state index in [9.17, 15) is 24.0 Å². The molecular weight excluding hydrogens is 1130 g/mol. The molecule has 6 saturated heterocycles. The Hall–Kier alpha value is -6.22. The molecule has 1 spiro atoms. The molecule has 21 heteroatoms. The molecule has 468 valence electrons. The molecule has 0 radical (unpaired) electrons. The maximum absolute atomic E-state index is 15.5. The van der Waals surface area contributed by atoms with Crippen LogP contribution in [0.4, 0.5) is 15.0 Å². The summed E-state index contributed by atoms with van der Waals surface area (Å²) in [6.07, 6.45) is 16.7. The minimum absolute atomic E-state index is 0.0150. The second-order valence-corrected chi connectivity index (χ2v) is 27.4. The first kappa shape index (κ1) is 61.0. The molecule has 87 heavy (non-hydrogen) atoms. The minimum Gasteiger partial charge on any atom is -0.443 e. The number of nitrogens with one attached hydrogen (secondary N) is 2. The summed E-state index contributed by atoms with van der Waals surface area (Å²) in [4.78, 5) is 101. The third-order valence-electron chi connectivity index (χ3n) is 19.9. The number of nitrogens with zero attached hydrogens (tertiary/aromatic N) is 10. The number of H-pyrrole nitrogens is 1. The summed E-state index contributed by atoms with van der Waals surface area (Å²) in [6, 6.07) is 13.6. The summed E-state index contributed by atoms with van der Waals surface area (Å²) in [5, 5.41) is 4.68. The molecule has 19 nitrogen and oxygen atoms in total. The molecule has 2 N–H and O–H groups in total. The lowest BCUT2D eigenvalue weighted by atomic mass is 9.83. The van der Waals surface area contributed by atoms with Crippen molar-refractivity contribution in [3.05, 3.63) is 88.6 Å². The smallest absolute Gasteiger partial charge is 0.416 e. The molecule has 2 aromatic carbocycles. The third-order valence-corrected chi connectivity index (χ3v) is 20.1. The van der Waals surface area contributed by atoms with Gasteiger partial charge in [-0.2, -0.15) is 0 Å². The number of ether oxygens (including phenoxy) is 2. The average molecular weight is 1220 g/mol. The topological polar surface area (TPSA) is 192 Å². The number of amidine groups is 1. The van der Waals surface area contributed by atoms with E-state index in [1.54, 1.807) is 23.4 Å². The quantitative estimate of drug-likeness (QED) is 0.101. The fourth-order valence-electron chi connectivity index (χ4n) is 14.6. The summed E-state index contributed by atoms with van der Waals surface area (Å²) >= 11 is 6.40. The summed E-state index contributed by atoms with van der Waals surface area (Å²) in [7, 11) is 0. The Kier molecular flexibility index (Phi) is 18.6. The molecule has 6 aliphatic heterocycles. The molecule has 2 aromatic heterocycles. The molecule has 1 unspecified atom stereocenters. The Morgan fingerprint density at radius 3 is 2.18 bits per heavy atom. The van der Waals surface area contributed by atoms with Gasteiger partial charge in [-0.15, -0.1) is 0 Å². The molecule has 8 aliphatic rings. The molecule has 4 aromatic rings. The van der Waals surface area contributed by atoms with Gasteiger partial charge in [0, 0.05) is 108 Å². The summed E-state index contributed by atoms with van der Waals surface area (Å²) < 4.78 is 28.2. The molecule has 2 saturated carbocycles. The van der Waals surface area contributed by atoms with Crippen LogP contribution in [-0.4, -0.2) is 201 Å². The number of aromatic nitrogens is 3. The second kappa shape index (κ2) is 26.5. The van der Waals surface area contributed by atoms with E-state index >= 15 is 4.39 Å². The molecule has 2 aliphatic carbocycles. The van der Waals surface area contributed by atoms with Crippen molar-refractivity contribution in [1.29, 1.82) is 0 Å². The minimum atomic E-state index is -0.734. The second-order valence-electron chi connectivity index (χ2n) is 26.9. The van der Waals surface area contributed by atoms with Crippen molar-refractivity contribution in [1.82, 2.24) is 49.7 Å². The number of aromatic amines is 1. The van der Waals surface area contributed by atoms with Crippen molar-refractivity contribution < 1.29 is 37.8 Å². The summed E-state index contributed by atoms with van der Waals surface area (Å²) in [6.45, 7) is 14.9. The van der Waals surface area contributed by atoms with E-state index < -0.39 is 28.9 Å². The van der Waals surface area contributed by atoms with Gasteiger partial charge in [-0.25, -0.2) is 24.1 Å². The summed E-state index contributed by atoms with van der Waals surface area (Å²) in [5.41, 5.74) is 1.41. The highest BCUT2D eigenvalue weighted by Crippen LogP contribution is 2.48. The molecule has 5 amide bonds. The Bertz CT molecular complexity index is 3130. The first-order valence-electron chi connectivity index (χ1n) is 32.5. The van der Waals surface area contributed by atoms with Crippen LogP contribution < -0.4 is 10.2 Å². The number of anilines is 1. The van der Waals surface area contributed by atoms with Gasteiger partial charge >= 0.3 is 6.09 Å². The maximum Gasteiger partial charge on any atom is 0.416 e. The van der Waals surface area contributed by atoms with Gasteiger partial charge in [0.1, 0.15) is 46.6 Å². The van der Waals surface area contributed by atoms with Gasteiger partial charge in [-0.1, -0.05) is 49.1 Å². The number of piperazine rings is 1. The van der Waals surface area contributed by atoms with Crippen LogP contribution in [-0.2, 0) is 23.9 Å². The van der Waals surface area contributed by atoms with E-state index in [0.29, 0.717) is 83.1 Å². The standard InChI is InChI=1S/C66H88ClFN12O7/c1-65(2,3)87-64(85)80-63(66(80)25-34-77(35-26-66)59-52-19-27-69-58(52)70-43-71-59)72-55(44-13-16-49(67)17-14-44)24-31-74-36-38-76(39-37-74)56(81)42-75-29-20-50(21-30-75)86-51-22-32-78(33-23-51)62(84)57(45-8-5-4-6-9-45)73-60(82)53-40-47(15-18-54(53)68)48-10-7-28-79(41-48)61(83)46-11-12-46/h13-19,27,40,43,45-46,48,50-51,55,57H,4-12,20-26,28-39,41-42H2,1-3H3,(H,73,82)(H,69,70,71)/t48?,55-,57+,80?/m0/s1. The number of hydrogen-bond donors (Lipinski definition) is 2. The first-order chi connectivity index (χ1) is 42.1. The van der Waals surface area contributed by atoms with Gasteiger partial charge in [0.25, 0.3) is 5.91 Å². The third kappa shape index (κ3) is 14.3. The van der Waals surface area contributed by atoms with Gasteiger partial charge in [-0.05, 0) is 152 Å². The Morgan fingerprint density at radius 2 is 1.48 bits per heavy atom. The van der Waals surface area contributed by atoms with Crippen LogP contribution in [0, 0.1) is 17.7 Å². The lowest BCUT2D eigenvalue weighted by Gasteiger charge is -2.40. The maximum atomic E-state index is 15.5.